The zero-order valence-corrected chi connectivity index (χ0v) is 8.31. The van der Waals surface area contributed by atoms with E-state index >= 15 is 0 Å². The zero-order chi connectivity index (χ0) is 10.7. The van der Waals surface area contributed by atoms with E-state index < -0.39 is 0 Å². The van der Waals surface area contributed by atoms with Gasteiger partial charge in [-0.05, 0) is 18.2 Å². The van der Waals surface area contributed by atoms with Crippen LogP contribution in [-0.4, -0.2) is 26.5 Å². The Bertz CT molecular complexity index is 481. The van der Waals surface area contributed by atoms with Crippen LogP contribution in [0.2, 0.25) is 5.02 Å². The van der Waals surface area contributed by atoms with Crippen LogP contribution >= 0.6 is 11.6 Å². The fourth-order valence-electron chi connectivity index (χ4n) is 1.02. The lowest BCUT2D eigenvalue weighted by Gasteiger charge is -1.97. The maximum Gasteiger partial charge on any atom is 0.245 e. The molecule has 76 valence electrons. The fraction of sp³-hybridized carbons (Fsp3) is 0. The molecule has 0 aliphatic heterocycles. The molecule has 2 aromatic rings. The maximum atomic E-state index is 9.47. The Morgan fingerprint density at radius 3 is 3.07 bits per heavy atom. The summed E-state index contributed by atoms with van der Waals surface area (Å²) in [6.45, 7) is 0. The number of aliphatic imine (C=N–C) groups is 1. The molecule has 5 nitrogen and oxygen atoms in total. The molecular weight excluding hydrogens is 216 g/mol. The van der Waals surface area contributed by atoms with Crippen LogP contribution in [0, 0.1) is 0 Å². The number of nitrogens with one attached hydrogen (secondary N) is 1. The summed E-state index contributed by atoms with van der Waals surface area (Å²) in [5.74, 6) is 0.483. The van der Waals surface area contributed by atoms with Gasteiger partial charge in [-0.2, -0.15) is 10.1 Å². The second-order valence-electron chi connectivity index (χ2n) is 2.77. The summed E-state index contributed by atoms with van der Waals surface area (Å²) in [7, 11) is 0. The molecule has 0 amide bonds. The van der Waals surface area contributed by atoms with Gasteiger partial charge in [0.25, 0.3) is 0 Å². The zero-order valence-electron chi connectivity index (χ0n) is 7.55. The third-order valence-electron chi connectivity index (χ3n) is 1.72. The first-order valence-electron chi connectivity index (χ1n) is 4.13. The Labute approximate surface area is 90.5 Å². The number of rotatable bonds is 2. The molecule has 0 bridgehead atoms. The molecule has 0 saturated heterocycles. The third kappa shape index (κ3) is 2.32. The van der Waals surface area contributed by atoms with Gasteiger partial charge < -0.3 is 5.11 Å². The van der Waals surface area contributed by atoms with Crippen molar-refractivity contribution in [3.05, 3.63) is 35.1 Å². The predicted octanol–water partition coefficient (Wildman–Crippen LogP) is 1.91. The highest BCUT2D eigenvalue weighted by Gasteiger charge is 1.99. The number of H-pyrrole nitrogens is 1. The molecule has 0 spiro atoms. The molecule has 0 aliphatic carbocycles. The van der Waals surface area contributed by atoms with Crippen molar-refractivity contribution >= 4 is 23.8 Å². The van der Waals surface area contributed by atoms with Gasteiger partial charge in [0.1, 0.15) is 12.1 Å². The van der Waals surface area contributed by atoms with Gasteiger partial charge in [-0.3, -0.25) is 0 Å². The van der Waals surface area contributed by atoms with E-state index in [0.717, 1.165) is 0 Å². The van der Waals surface area contributed by atoms with Gasteiger partial charge in [0.15, 0.2) is 0 Å². The standard InChI is InChI=1S/C9H7ClN4O/c10-7-1-2-8(15)6(3-7)4-11-9-12-5-13-14-9/h1-5,15H,(H,12,13,14)/b11-4-. The lowest BCUT2D eigenvalue weighted by molar-refractivity contribution is 0.474. The Kier molecular flexibility index (Phi) is 2.64. The van der Waals surface area contributed by atoms with Gasteiger partial charge in [-0.1, -0.05) is 11.6 Å². The Balaban J connectivity index is 2.27. The molecule has 0 aliphatic rings. The van der Waals surface area contributed by atoms with Gasteiger partial charge in [-0.15, -0.1) is 0 Å². The van der Waals surface area contributed by atoms with E-state index in [4.69, 9.17) is 11.6 Å². The topological polar surface area (TPSA) is 74.2 Å². The van der Waals surface area contributed by atoms with Crippen molar-refractivity contribution in [3.8, 4) is 5.75 Å². The van der Waals surface area contributed by atoms with Crippen LogP contribution in [0.15, 0.2) is 29.5 Å². The number of hydrogen-bond donors (Lipinski definition) is 2. The summed E-state index contributed by atoms with van der Waals surface area (Å²) in [4.78, 5) is 7.77. The first kappa shape index (κ1) is 9.67. The highest BCUT2D eigenvalue weighted by atomic mass is 35.5. The van der Waals surface area contributed by atoms with Crippen LogP contribution in [0.25, 0.3) is 0 Å². The first-order chi connectivity index (χ1) is 7.25. The molecule has 0 fully saturated rings. The van der Waals surface area contributed by atoms with E-state index in [-0.39, 0.29) is 5.75 Å². The molecule has 0 radical (unpaired) electrons. The molecule has 1 heterocycles. The first-order valence-corrected chi connectivity index (χ1v) is 4.51. The summed E-state index contributed by atoms with van der Waals surface area (Å²) in [6, 6.07) is 4.71. The Morgan fingerprint density at radius 2 is 2.33 bits per heavy atom. The quantitative estimate of drug-likeness (QED) is 0.763. The largest absolute Gasteiger partial charge is 0.507 e. The van der Waals surface area contributed by atoms with Crippen LogP contribution in [0.4, 0.5) is 5.95 Å². The van der Waals surface area contributed by atoms with E-state index in [1.165, 1.54) is 18.6 Å². The summed E-state index contributed by atoms with van der Waals surface area (Å²) >= 11 is 5.77. The monoisotopic (exact) mass is 222 g/mol. The average Bonchev–Trinajstić information content (AvgIpc) is 2.72. The molecular formula is C9H7ClN4O. The summed E-state index contributed by atoms with van der Waals surface area (Å²) in [5.41, 5.74) is 0.527. The molecule has 1 aromatic carbocycles. The maximum absolute atomic E-state index is 9.47. The van der Waals surface area contributed by atoms with Gasteiger partial charge in [0, 0.05) is 16.8 Å². The number of aromatic nitrogens is 3. The summed E-state index contributed by atoms with van der Waals surface area (Å²) in [6.07, 6.45) is 2.81. The van der Waals surface area contributed by atoms with Gasteiger partial charge in [0.05, 0.1) is 0 Å². The minimum absolute atomic E-state index is 0.114. The smallest absolute Gasteiger partial charge is 0.245 e. The predicted molar refractivity (Wildman–Crippen MR) is 56.8 cm³/mol. The third-order valence-corrected chi connectivity index (χ3v) is 1.95. The molecule has 1 aromatic heterocycles. The van der Waals surface area contributed by atoms with E-state index in [1.807, 2.05) is 0 Å². The second-order valence-corrected chi connectivity index (χ2v) is 3.21. The normalized spacial score (nSPS) is 11.0. The van der Waals surface area contributed by atoms with Crippen molar-refractivity contribution in [1.29, 1.82) is 0 Å². The Morgan fingerprint density at radius 1 is 1.47 bits per heavy atom. The molecule has 2 N–H and O–H groups in total. The second kappa shape index (κ2) is 4.10. The summed E-state index contributed by atoms with van der Waals surface area (Å²) < 4.78 is 0. The van der Waals surface area contributed by atoms with Crippen molar-refractivity contribution in [1.82, 2.24) is 15.2 Å². The lowest BCUT2D eigenvalue weighted by atomic mass is 10.2. The van der Waals surface area contributed by atoms with Gasteiger partial charge in [0.2, 0.25) is 5.95 Å². The molecule has 6 heteroatoms. The minimum atomic E-state index is 0.114. The Hall–Kier alpha value is -1.88. The van der Waals surface area contributed by atoms with Crippen molar-refractivity contribution in [2.45, 2.75) is 0 Å². The van der Waals surface area contributed by atoms with Crippen LogP contribution in [0.3, 0.4) is 0 Å². The number of halogens is 1. The van der Waals surface area contributed by atoms with Crippen molar-refractivity contribution in [2.75, 3.05) is 0 Å². The summed E-state index contributed by atoms with van der Waals surface area (Å²) in [5, 5.41) is 16.2. The molecule has 15 heavy (non-hydrogen) atoms. The molecule has 0 atom stereocenters. The van der Waals surface area contributed by atoms with E-state index in [2.05, 4.69) is 20.2 Å². The SMILES string of the molecule is Oc1ccc(Cl)cc1/C=N\c1ncn[nH]1. The number of hydrogen-bond acceptors (Lipinski definition) is 4. The molecule has 0 unspecified atom stereocenters. The number of nitrogens with zero attached hydrogens (tertiary/aromatic N) is 3. The van der Waals surface area contributed by atoms with Crippen LogP contribution < -0.4 is 0 Å². The number of benzene rings is 1. The van der Waals surface area contributed by atoms with Crippen LogP contribution in [0.5, 0.6) is 5.75 Å². The van der Waals surface area contributed by atoms with Crippen molar-refractivity contribution in [3.63, 3.8) is 0 Å². The van der Waals surface area contributed by atoms with Crippen molar-refractivity contribution in [2.24, 2.45) is 4.99 Å². The fourth-order valence-corrected chi connectivity index (χ4v) is 1.20. The van der Waals surface area contributed by atoms with Crippen LogP contribution in [-0.2, 0) is 0 Å². The number of phenolic OH excluding ortho intramolecular Hbond substituents is 1. The highest BCUT2D eigenvalue weighted by Crippen LogP contribution is 2.20. The van der Waals surface area contributed by atoms with Crippen molar-refractivity contribution < 1.29 is 5.11 Å². The average molecular weight is 223 g/mol. The molecule has 0 saturated carbocycles. The number of phenols is 1. The highest BCUT2D eigenvalue weighted by molar-refractivity contribution is 6.30. The van der Waals surface area contributed by atoms with Crippen LogP contribution in [0.1, 0.15) is 5.56 Å². The number of aromatic amines is 1. The lowest BCUT2D eigenvalue weighted by Crippen LogP contribution is -1.82. The molecule has 2 rings (SSSR count). The van der Waals surface area contributed by atoms with E-state index in [1.54, 1.807) is 12.1 Å². The van der Waals surface area contributed by atoms with E-state index in [9.17, 15) is 5.11 Å². The van der Waals surface area contributed by atoms with Gasteiger partial charge >= 0.3 is 0 Å². The minimum Gasteiger partial charge on any atom is -0.507 e. The van der Waals surface area contributed by atoms with Gasteiger partial charge in [-0.25, -0.2) is 10.1 Å². The number of aromatic hydroxyl groups is 1. The van der Waals surface area contributed by atoms with E-state index in [0.29, 0.717) is 16.5 Å².